The second kappa shape index (κ2) is 3.29. The smallest absolute Gasteiger partial charge is 0.0771 e. The highest BCUT2D eigenvalue weighted by molar-refractivity contribution is 5.07. The predicted octanol–water partition coefficient (Wildman–Crippen LogP) is 0.0227. The average Bonchev–Trinajstić information content (AvgIpc) is 2.99. The summed E-state index contributed by atoms with van der Waals surface area (Å²) in [7, 11) is 0. The van der Waals surface area contributed by atoms with Crippen molar-refractivity contribution in [1.29, 1.82) is 0 Å². The molecular weight excluding hydrogens is 176 g/mol. The lowest BCUT2D eigenvalue weighted by Gasteiger charge is -2.26. The van der Waals surface area contributed by atoms with Gasteiger partial charge in [0.2, 0.25) is 0 Å². The first kappa shape index (κ1) is 8.32. The number of nitrogens with zero attached hydrogens (tertiary/aromatic N) is 3. The lowest BCUT2D eigenvalue weighted by molar-refractivity contribution is 0.217. The van der Waals surface area contributed by atoms with E-state index in [0.717, 1.165) is 37.4 Å². The zero-order valence-electron chi connectivity index (χ0n) is 8.06. The van der Waals surface area contributed by atoms with E-state index in [9.17, 15) is 0 Å². The normalized spacial score (nSPS) is 31.1. The topological polar surface area (TPSA) is 41.1 Å². The van der Waals surface area contributed by atoms with Crippen molar-refractivity contribution in [1.82, 2.24) is 20.4 Å². The molecule has 0 aromatic carbocycles. The molecular formula is C10H14N4. The molecule has 1 aromatic heterocycles. The van der Waals surface area contributed by atoms with Crippen LogP contribution in [-0.4, -0.2) is 40.3 Å². The molecule has 1 aliphatic carbocycles. The van der Waals surface area contributed by atoms with Gasteiger partial charge >= 0.3 is 0 Å². The first-order chi connectivity index (χ1) is 6.93. The highest BCUT2D eigenvalue weighted by atomic mass is 15.3. The molecule has 0 amide bonds. The molecule has 1 saturated heterocycles. The van der Waals surface area contributed by atoms with Crippen molar-refractivity contribution in [3.8, 4) is 0 Å². The van der Waals surface area contributed by atoms with Crippen LogP contribution in [0, 0.1) is 0 Å². The number of hydrogen-bond donors (Lipinski definition) is 1. The van der Waals surface area contributed by atoms with Gasteiger partial charge in [0.25, 0.3) is 0 Å². The van der Waals surface area contributed by atoms with Crippen LogP contribution in [0.3, 0.4) is 0 Å². The fourth-order valence-electron chi connectivity index (χ4n) is 2.19. The van der Waals surface area contributed by atoms with Gasteiger partial charge in [-0.15, -0.1) is 0 Å². The molecule has 14 heavy (non-hydrogen) atoms. The van der Waals surface area contributed by atoms with Gasteiger partial charge in [0.05, 0.1) is 5.69 Å². The molecule has 4 nitrogen and oxygen atoms in total. The summed E-state index contributed by atoms with van der Waals surface area (Å²) in [6.45, 7) is 3.20. The molecule has 74 valence electrons. The van der Waals surface area contributed by atoms with Gasteiger partial charge in [0.1, 0.15) is 0 Å². The molecule has 2 atom stereocenters. The fourth-order valence-corrected chi connectivity index (χ4v) is 2.19. The van der Waals surface area contributed by atoms with Crippen LogP contribution in [0.5, 0.6) is 0 Å². The number of hydrogen-bond acceptors (Lipinski definition) is 4. The summed E-state index contributed by atoms with van der Waals surface area (Å²) in [6, 6.07) is 5.51. The molecule has 1 saturated carbocycles. The van der Waals surface area contributed by atoms with Gasteiger partial charge in [0, 0.05) is 37.9 Å². The molecule has 1 aromatic rings. The maximum Gasteiger partial charge on any atom is 0.0771 e. The molecule has 2 heterocycles. The van der Waals surface area contributed by atoms with Crippen molar-refractivity contribution in [3.63, 3.8) is 0 Å². The van der Waals surface area contributed by atoms with Crippen LogP contribution in [0.1, 0.15) is 12.1 Å². The standard InChI is InChI=1S/C10H14N4/c1-2-8(13-12-3-1)7-14-5-4-11-9-6-10(9)14/h1-3,9-11H,4-7H2. The van der Waals surface area contributed by atoms with E-state index in [-0.39, 0.29) is 0 Å². The van der Waals surface area contributed by atoms with E-state index in [4.69, 9.17) is 0 Å². The fraction of sp³-hybridized carbons (Fsp3) is 0.600. The molecule has 2 unspecified atom stereocenters. The van der Waals surface area contributed by atoms with Crippen LogP contribution in [0.4, 0.5) is 0 Å². The average molecular weight is 190 g/mol. The monoisotopic (exact) mass is 190 g/mol. The van der Waals surface area contributed by atoms with E-state index in [0.29, 0.717) is 0 Å². The van der Waals surface area contributed by atoms with Crippen molar-refractivity contribution < 1.29 is 0 Å². The third-order valence-corrected chi connectivity index (χ3v) is 3.02. The molecule has 0 bridgehead atoms. The minimum Gasteiger partial charge on any atom is -0.311 e. The summed E-state index contributed by atoms with van der Waals surface area (Å²) in [6.07, 6.45) is 3.03. The van der Waals surface area contributed by atoms with E-state index < -0.39 is 0 Å². The van der Waals surface area contributed by atoms with Crippen molar-refractivity contribution in [2.75, 3.05) is 13.1 Å². The largest absolute Gasteiger partial charge is 0.311 e. The molecule has 2 fully saturated rings. The molecule has 3 rings (SSSR count). The molecule has 0 spiro atoms. The minimum absolute atomic E-state index is 0.750. The van der Waals surface area contributed by atoms with E-state index in [2.05, 4.69) is 20.4 Å². The van der Waals surface area contributed by atoms with Gasteiger partial charge in [-0.05, 0) is 18.6 Å². The van der Waals surface area contributed by atoms with Gasteiger partial charge in [0.15, 0.2) is 0 Å². The van der Waals surface area contributed by atoms with Crippen LogP contribution < -0.4 is 5.32 Å². The lowest BCUT2D eigenvalue weighted by Crippen LogP contribution is -2.43. The third kappa shape index (κ3) is 1.51. The summed E-state index contributed by atoms with van der Waals surface area (Å²) in [5.41, 5.74) is 1.08. The second-order valence-electron chi connectivity index (χ2n) is 4.05. The van der Waals surface area contributed by atoms with Gasteiger partial charge in [-0.2, -0.15) is 10.2 Å². The summed E-state index contributed by atoms with van der Waals surface area (Å²) < 4.78 is 0. The van der Waals surface area contributed by atoms with Crippen molar-refractivity contribution >= 4 is 0 Å². The number of rotatable bonds is 2. The Hall–Kier alpha value is -1.00. The molecule has 4 heteroatoms. The van der Waals surface area contributed by atoms with Crippen LogP contribution in [0.25, 0.3) is 0 Å². The quantitative estimate of drug-likeness (QED) is 0.714. The predicted molar refractivity (Wildman–Crippen MR) is 52.6 cm³/mol. The number of nitrogens with one attached hydrogen (secondary N) is 1. The van der Waals surface area contributed by atoms with E-state index >= 15 is 0 Å². The Labute approximate surface area is 83.3 Å². The molecule has 2 aliphatic rings. The maximum atomic E-state index is 4.11. The molecule has 0 radical (unpaired) electrons. The SMILES string of the molecule is c1cnnc(CN2CCNC3CC32)c1. The summed E-state index contributed by atoms with van der Waals surface area (Å²) in [5, 5.41) is 11.5. The van der Waals surface area contributed by atoms with Gasteiger partial charge in [-0.25, -0.2) is 0 Å². The molecule has 1 N–H and O–H groups in total. The Morgan fingerprint density at radius 2 is 2.57 bits per heavy atom. The van der Waals surface area contributed by atoms with Crippen molar-refractivity contribution in [2.24, 2.45) is 0 Å². The number of piperazine rings is 1. The third-order valence-electron chi connectivity index (χ3n) is 3.02. The van der Waals surface area contributed by atoms with Crippen LogP contribution >= 0.6 is 0 Å². The Bertz CT molecular complexity index is 313. The highest BCUT2D eigenvalue weighted by Gasteiger charge is 2.43. The van der Waals surface area contributed by atoms with E-state index in [1.165, 1.54) is 6.42 Å². The minimum atomic E-state index is 0.750. The van der Waals surface area contributed by atoms with Gasteiger partial charge < -0.3 is 5.32 Å². The number of aromatic nitrogens is 2. The highest BCUT2D eigenvalue weighted by Crippen LogP contribution is 2.31. The first-order valence-electron chi connectivity index (χ1n) is 5.17. The summed E-state index contributed by atoms with van der Waals surface area (Å²) in [4.78, 5) is 2.51. The Morgan fingerprint density at radius 1 is 1.57 bits per heavy atom. The van der Waals surface area contributed by atoms with Gasteiger partial charge in [-0.1, -0.05) is 0 Å². The Morgan fingerprint density at radius 3 is 3.43 bits per heavy atom. The molecule has 1 aliphatic heterocycles. The van der Waals surface area contributed by atoms with Crippen LogP contribution in [-0.2, 0) is 6.54 Å². The first-order valence-corrected chi connectivity index (χ1v) is 5.17. The van der Waals surface area contributed by atoms with Gasteiger partial charge in [-0.3, -0.25) is 4.90 Å². The summed E-state index contributed by atoms with van der Waals surface area (Å²) in [5.74, 6) is 0. The van der Waals surface area contributed by atoms with E-state index in [1.807, 2.05) is 12.1 Å². The Balaban J connectivity index is 1.67. The van der Waals surface area contributed by atoms with Crippen molar-refractivity contribution in [2.45, 2.75) is 25.0 Å². The second-order valence-corrected chi connectivity index (χ2v) is 4.05. The van der Waals surface area contributed by atoms with Crippen LogP contribution in [0.2, 0.25) is 0 Å². The van der Waals surface area contributed by atoms with E-state index in [1.54, 1.807) is 6.20 Å². The maximum absolute atomic E-state index is 4.11. The Kier molecular flexibility index (Phi) is 1.96. The number of fused-ring (bicyclic) bond motifs is 1. The zero-order chi connectivity index (χ0) is 9.38. The van der Waals surface area contributed by atoms with Crippen LogP contribution in [0.15, 0.2) is 18.3 Å². The van der Waals surface area contributed by atoms with Crippen molar-refractivity contribution in [3.05, 3.63) is 24.0 Å². The lowest BCUT2D eigenvalue weighted by atomic mass is 10.3. The zero-order valence-corrected chi connectivity index (χ0v) is 8.06. The summed E-state index contributed by atoms with van der Waals surface area (Å²) >= 11 is 0.